The zero-order chi connectivity index (χ0) is 16.8. The number of pyridine rings is 1. The van der Waals surface area contributed by atoms with Crippen LogP contribution in [0.3, 0.4) is 0 Å². The molecule has 2 atom stereocenters. The molecule has 0 saturated carbocycles. The number of thiazole rings is 1. The fourth-order valence-corrected chi connectivity index (χ4v) is 2.85. The molecule has 0 aliphatic rings. The number of hydrogen-bond donors (Lipinski definition) is 4. The van der Waals surface area contributed by atoms with Crippen LogP contribution in [0.15, 0.2) is 12.1 Å². The Hall–Kier alpha value is -1.77. The van der Waals surface area contributed by atoms with Crippen molar-refractivity contribution in [3.63, 3.8) is 0 Å². The Morgan fingerprint density at radius 2 is 1.87 bits per heavy atom. The summed E-state index contributed by atoms with van der Waals surface area (Å²) in [6.45, 7) is 3.81. The minimum absolute atomic E-state index is 0.0339. The molecule has 2 heterocycles. The van der Waals surface area contributed by atoms with Crippen LogP contribution in [0, 0.1) is 0 Å². The van der Waals surface area contributed by atoms with Gasteiger partial charge in [0.1, 0.15) is 16.2 Å². The van der Waals surface area contributed by atoms with Crippen LogP contribution >= 0.6 is 11.3 Å². The Bertz CT molecular complexity index is 653. The molecule has 0 aliphatic carbocycles. The van der Waals surface area contributed by atoms with Crippen LogP contribution in [0.4, 0.5) is 5.82 Å². The molecule has 7 nitrogen and oxygen atoms in total. The molecule has 0 unspecified atom stereocenters. The fourth-order valence-electron chi connectivity index (χ4n) is 2.00. The Morgan fingerprint density at radius 3 is 2.48 bits per heavy atom. The number of nitrogens with zero attached hydrogens (tertiary/aromatic N) is 2. The topological polar surface area (TPSA) is 107 Å². The Morgan fingerprint density at radius 1 is 1.17 bits per heavy atom. The van der Waals surface area contributed by atoms with Crippen LogP contribution in [0.5, 0.6) is 0 Å². The fraction of sp³-hybridized carbons (Fsp3) is 0.533. The van der Waals surface area contributed by atoms with Crippen molar-refractivity contribution in [1.82, 2.24) is 15.3 Å². The Labute approximate surface area is 138 Å². The van der Waals surface area contributed by atoms with Gasteiger partial charge >= 0.3 is 0 Å². The van der Waals surface area contributed by atoms with E-state index in [9.17, 15) is 9.90 Å². The number of fused-ring (bicyclic) bond motifs is 1. The van der Waals surface area contributed by atoms with E-state index in [1.54, 1.807) is 12.1 Å². The van der Waals surface area contributed by atoms with Crippen LogP contribution in [0.25, 0.3) is 10.3 Å². The lowest BCUT2D eigenvalue weighted by Crippen LogP contribution is -2.36. The molecular weight excluding hydrogens is 316 g/mol. The number of carbonyl (C=O) groups is 1. The molecule has 0 aliphatic heterocycles. The van der Waals surface area contributed by atoms with Crippen LogP contribution in [-0.4, -0.2) is 51.4 Å². The first-order chi connectivity index (χ1) is 11.1. The molecule has 0 spiro atoms. The maximum atomic E-state index is 12.1. The number of amides is 1. The molecule has 4 N–H and O–H groups in total. The van der Waals surface area contributed by atoms with E-state index in [0.29, 0.717) is 27.6 Å². The maximum Gasteiger partial charge on any atom is 0.280 e. The Kier molecular flexibility index (Phi) is 6.26. The lowest BCUT2D eigenvalue weighted by molar-refractivity contribution is 0.0915. The average molecular weight is 338 g/mol. The summed E-state index contributed by atoms with van der Waals surface area (Å²) in [5, 5.41) is 24.6. The third-order valence-corrected chi connectivity index (χ3v) is 4.53. The van der Waals surface area contributed by atoms with Gasteiger partial charge in [-0.2, -0.15) is 0 Å². The number of anilines is 1. The second-order valence-corrected chi connectivity index (χ2v) is 6.21. The van der Waals surface area contributed by atoms with Gasteiger partial charge in [0, 0.05) is 0 Å². The first-order valence-electron chi connectivity index (χ1n) is 7.67. The zero-order valence-corrected chi connectivity index (χ0v) is 14.1. The van der Waals surface area contributed by atoms with Crippen molar-refractivity contribution < 1.29 is 15.0 Å². The highest BCUT2D eigenvalue weighted by Gasteiger charge is 2.16. The van der Waals surface area contributed by atoms with E-state index in [-0.39, 0.29) is 31.2 Å². The van der Waals surface area contributed by atoms with E-state index in [4.69, 9.17) is 5.11 Å². The number of aliphatic hydroxyl groups excluding tert-OH is 2. The summed E-state index contributed by atoms with van der Waals surface area (Å²) in [7, 11) is 0. The number of nitrogens with one attached hydrogen (secondary N) is 2. The highest BCUT2D eigenvalue weighted by atomic mass is 32.1. The average Bonchev–Trinajstić information content (AvgIpc) is 3.00. The minimum atomic E-state index is -0.301. The molecule has 0 bridgehead atoms. The van der Waals surface area contributed by atoms with Gasteiger partial charge < -0.3 is 20.8 Å². The highest BCUT2D eigenvalue weighted by Crippen LogP contribution is 2.22. The van der Waals surface area contributed by atoms with Crippen molar-refractivity contribution in [2.75, 3.05) is 18.5 Å². The van der Waals surface area contributed by atoms with Crippen LogP contribution in [-0.2, 0) is 0 Å². The van der Waals surface area contributed by atoms with Crippen LogP contribution in [0.2, 0.25) is 0 Å². The number of aliphatic hydroxyl groups is 2. The second kappa shape index (κ2) is 8.19. The summed E-state index contributed by atoms with van der Waals surface area (Å²) in [5.74, 6) is 0.348. The summed E-state index contributed by atoms with van der Waals surface area (Å²) >= 11 is 1.21. The molecule has 126 valence electrons. The molecule has 0 saturated heterocycles. The lowest BCUT2D eigenvalue weighted by atomic mass is 10.2. The molecule has 0 radical (unpaired) electrons. The molecule has 2 aromatic rings. The monoisotopic (exact) mass is 338 g/mol. The summed E-state index contributed by atoms with van der Waals surface area (Å²) in [6.07, 6.45) is 1.44. The molecule has 0 fully saturated rings. The van der Waals surface area contributed by atoms with Crippen molar-refractivity contribution in [3.8, 4) is 0 Å². The van der Waals surface area contributed by atoms with Crippen molar-refractivity contribution in [2.45, 2.75) is 38.8 Å². The predicted octanol–water partition coefficient (Wildman–Crippen LogP) is 1.37. The van der Waals surface area contributed by atoms with Gasteiger partial charge in [-0.05, 0) is 25.0 Å². The van der Waals surface area contributed by atoms with Gasteiger partial charge in [-0.25, -0.2) is 9.97 Å². The van der Waals surface area contributed by atoms with E-state index >= 15 is 0 Å². The van der Waals surface area contributed by atoms with E-state index in [2.05, 4.69) is 20.6 Å². The largest absolute Gasteiger partial charge is 0.394 e. The quantitative estimate of drug-likeness (QED) is 0.579. The van der Waals surface area contributed by atoms with Gasteiger partial charge in [0.15, 0.2) is 5.01 Å². The first kappa shape index (κ1) is 17.6. The molecular formula is C15H22N4O3S. The predicted molar refractivity (Wildman–Crippen MR) is 90.8 cm³/mol. The van der Waals surface area contributed by atoms with E-state index in [0.717, 1.165) is 6.42 Å². The molecule has 1 amide bonds. The molecule has 8 heteroatoms. The van der Waals surface area contributed by atoms with E-state index in [1.807, 2.05) is 13.8 Å². The standard InChI is InChI=1S/C15H22N4O3S/c1-3-9(7-20)16-12-6-5-11-14(19-12)23-15(18-11)13(22)17-10(4-2)8-21/h5-6,9-10,20-21H,3-4,7-8H2,1-2H3,(H,16,19)(H,17,22)/t9-,10-/m1/s1. The highest BCUT2D eigenvalue weighted by molar-refractivity contribution is 7.19. The van der Waals surface area contributed by atoms with Gasteiger partial charge in [-0.1, -0.05) is 25.2 Å². The summed E-state index contributed by atoms with van der Waals surface area (Å²) < 4.78 is 0. The van der Waals surface area contributed by atoms with E-state index < -0.39 is 0 Å². The van der Waals surface area contributed by atoms with Gasteiger partial charge in [0.25, 0.3) is 5.91 Å². The summed E-state index contributed by atoms with van der Waals surface area (Å²) in [6, 6.07) is 3.26. The molecule has 23 heavy (non-hydrogen) atoms. The van der Waals surface area contributed by atoms with Crippen LogP contribution in [0.1, 0.15) is 36.5 Å². The number of aromatic nitrogens is 2. The normalized spacial score (nSPS) is 13.7. The Balaban J connectivity index is 2.17. The number of hydrogen-bond acceptors (Lipinski definition) is 7. The van der Waals surface area contributed by atoms with Gasteiger partial charge in [0.2, 0.25) is 0 Å². The maximum absolute atomic E-state index is 12.1. The van der Waals surface area contributed by atoms with Crippen molar-refractivity contribution >= 4 is 33.4 Å². The van der Waals surface area contributed by atoms with Gasteiger partial charge in [-0.15, -0.1) is 0 Å². The number of carbonyl (C=O) groups excluding carboxylic acids is 1. The first-order valence-corrected chi connectivity index (χ1v) is 8.49. The number of rotatable bonds is 8. The molecule has 2 aromatic heterocycles. The van der Waals surface area contributed by atoms with Gasteiger partial charge in [0.05, 0.1) is 25.3 Å². The minimum Gasteiger partial charge on any atom is -0.394 e. The smallest absolute Gasteiger partial charge is 0.280 e. The van der Waals surface area contributed by atoms with Crippen molar-refractivity contribution in [2.24, 2.45) is 0 Å². The second-order valence-electron chi connectivity index (χ2n) is 5.23. The van der Waals surface area contributed by atoms with Crippen LogP contribution < -0.4 is 10.6 Å². The zero-order valence-electron chi connectivity index (χ0n) is 13.2. The molecule has 2 rings (SSSR count). The van der Waals surface area contributed by atoms with Crippen molar-refractivity contribution in [3.05, 3.63) is 17.1 Å². The van der Waals surface area contributed by atoms with E-state index in [1.165, 1.54) is 11.3 Å². The summed E-state index contributed by atoms with van der Waals surface area (Å²) in [4.78, 5) is 21.5. The molecule has 0 aromatic carbocycles. The lowest BCUT2D eigenvalue weighted by Gasteiger charge is -2.14. The third-order valence-electron chi connectivity index (χ3n) is 3.56. The third kappa shape index (κ3) is 4.37. The van der Waals surface area contributed by atoms with Crippen molar-refractivity contribution in [1.29, 1.82) is 0 Å². The summed E-state index contributed by atoms with van der Waals surface area (Å²) in [5.41, 5.74) is 0.653. The SMILES string of the molecule is CC[C@H](CO)NC(=O)c1nc2ccc(N[C@H](CC)CO)nc2s1. The van der Waals surface area contributed by atoms with Gasteiger partial charge in [-0.3, -0.25) is 4.79 Å².